The number of benzene rings is 1. The Balaban J connectivity index is 2.21. The summed E-state index contributed by atoms with van der Waals surface area (Å²) in [7, 11) is 0. The van der Waals surface area contributed by atoms with Crippen LogP contribution < -0.4 is 10.2 Å². The molecular weight excluding hydrogens is 393 g/mol. The lowest BCUT2D eigenvalue weighted by atomic mass is 10.1. The zero-order valence-corrected chi connectivity index (χ0v) is 15.9. The molecule has 0 saturated carbocycles. The van der Waals surface area contributed by atoms with Gasteiger partial charge in [-0.25, -0.2) is 0 Å². The van der Waals surface area contributed by atoms with Crippen LogP contribution >= 0.6 is 34.8 Å². The number of halogens is 3. The van der Waals surface area contributed by atoms with Gasteiger partial charge in [-0.1, -0.05) is 40.9 Å². The molecule has 2 rings (SSSR count). The first-order valence-corrected chi connectivity index (χ1v) is 8.83. The van der Waals surface area contributed by atoms with E-state index in [2.05, 4.69) is 5.32 Å². The molecule has 1 heterocycles. The molecule has 1 unspecified atom stereocenters. The molecule has 1 aromatic carbocycles. The van der Waals surface area contributed by atoms with Crippen molar-refractivity contribution < 1.29 is 19.4 Å². The topological polar surface area (TPSA) is 85.9 Å². The van der Waals surface area contributed by atoms with E-state index in [1.54, 1.807) is 0 Å². The second-order valence-electron chi connectivity index (χ2n) is 6.08. The van der Waals surface area contributed by atoms with E-state index in [1.165, 1.54) is 24.3 Å². The summed E-state index contributed by atoms with van der Waals surface area (Å²) in [5.74, 6) is -0.542. The first-order valence-electron chi connectivity index (χ1n) is 7.70. The Hall–Kier alpha value is -1.12. The fraction of sp³-hybridized carbons (Fsp3) is 0.533. The van der Waals surface area contributed by atoms with Crippen LogP contribution in [-0.2, 0) is 4.74 Å². The molecule has 7 nitrogen and oxygen atoms in total. The SMILES string of the molecule is C[C@@H]1C[NH+]([C@H](NC(=O)c2cccc([N+](=O)[O-])c2)C(Cl)(Cl)Cl)C[C@H](C)O1. The molecule has 1 amide bonds. The molecule has 1 aliphatic rings. The number of hydrogen-bond acceptors (Lipinski definition) is 4. The largest absolute Gasteiger partial charge is 0.364 e. The number of nitro groups is 1. The van der Waals surface area contributed by atoms with E-state index < -0.39 is 20.8 Å². The average molecular weight is 412 g/mol. The number of hydrogen-bond donors (Lipinski definition) is 2. The summed E-state index contributed by atoms with van der Waals surface area (Å²) >= 11 is 18.3. The Morgan fingerprint density at radius 2 is 1.96 bits per heavy atom. The van der Waals surface area contributed by atoms with Crippen molar-refractivity contribution in [3.8, 4) is 0 Å². The molecule has 0 spiro atoms. The minimum absolute atomic E-state index is 0.0525. The van der Waals surface area contributed by atoms with Gasteiger partial charge in [-0.3, -0.25) is 20.2 Å². The summed E-state index contributed by atoms with van der Waals surface area (Å²) in [6.07, 6.45) is -0.926. The quantitative estimate of drug-likeness (QED) is 0.449. The first kappa shape index (κ1) is 20.2. The summed E-state index contributed by atoms with van der Waals surface area (Å²) in [6.45, 7) is 4.93. The number of rotatable bonds is 4. The van der Waals surface area contributed by atoms with Crippen molar-refractivity contribution in [2.75, 3.05) is 13.1 Å². The third kappa shape index (κ3) is 5.43. The van der Waals surface area contributed by atoms with Gasteiger partial charge in [0, 0.05) is 17.7 Å². The lowest BCUT2D eigenvalue weighted by Gasteiger charge is -2.39. The lowest BCUT2D eigenvalue weighted by Crippen LogP contribution is -3.22. The van der Waals surface area contributed by atoms with Crippen molar-refractivity contribution in [2.24, 2.45) is 0 Å². The van der Waals surface area contributed by atoms with Gasteiger partial charge in [0.25, 0.3) is 15.4 Å². The molecule has 1 fully saturated rings. The van der Waals surface area contributed by atoms with Crippen LogP contribution in [0.5, 0.6) is 0 Å². The summed E-state index contributed by atoms with van der Waals surface area (Å²) in [5, 5.41) is 13.6. The normalized spacial score (nSPS) is 25.2. The fourth-order valence-electron chi connectivity index (χ4n) is 2.94. The van der Waals surface area contributed by atoms with Gasteiger partial charge in [-0.2, -0.15) is 0 Å². The maximum atomic E-state index is 12.5. The number of alkyl halides is 3. The van der Waals surface area contributed by atoms with Gasteiger partial charge >= 0.3 is 0 Å². The van der Waals surface area contributed by atoms with E-state index >= 15 is 0 Å². The minimum atomic E-state index is -1.75. The number of nitrogens with zero attached hydrogens (tertiary/aromatic N) is 1. The van der Waals surface area contributed by atoms with Gasteiger partial charge in [0.2, 0.25) is 6.17 Å². The smallest absolute Gasteiger partial charge is 0.270 e. The summed E-state index contributed by atoms with van der Waals surface area (Å²) in [5.41, 5.74) is -0.0544. The zero-order chi connectivity index (χ0) is 18.8. The van der Waals surface area contributed by atoms with E-state index in [-0.39, 0.29) is 23.5 Å². The molecule has 0 aliphatic carbocycles. The van der Waals surface area contributed by atoms with Crippen molar-refractivity contribution in [1.29, 1.82) is 0 Å². The number of amides is 1. The lowest BCUT2D eigenvalue weighted by molar-refractivity contribution is -0.941. The van der Waals surface area contributed by atoms with Crippen LogP contribution in [0.1, 0.15) is 24.2 Å². The van der Waals surface area contributed by atoms with Crippen LogP contribution in [0.25, 0.3) is 0 Å². The molecule has 4 atom stereocenters. The summed E-state index contributed by atoms with van der Waals surface area (Å²) < 4.78 is 3.93. The van der Waals surface area contributed by atoms with Crippen LogP contribution in [-0.4, -0.2) is 46.1 Å². The van der Waals surface area contributed by atoms with Crippen molar-refractivity contribution in [2.45, 2.75) is 36.0 Å². The number of ether oxygens (including phenoxy) is 1. The molecule has 2 N–H and O–H groups in total. The Morgan fingerprint density at radius 3 is 2.48 bits per heavy atom. The Morgan fingerprint density at radius 1 is 1.36 bits per heavy atom. The number of morpholine rings is 1. The molecule has 0 bridgehead atoms. The van der Waals surface area contributed by atoms with E-state index in [1.807, 2.05) is 13.8 Å². The monoisotopic (exact) mass is 410 g/mol. The van der Waals surface area contributed by atoms with Crippen LogP contribution in [0.4, 0.5) is 5.69 Å². The molecule has 1 aromatic rings. The van der Waals surface area contributed by atoms with Crippen molar-refractivity contribution in [3.63, 3.8) is 0 Å². The van der Waals surface area contributed by atoms with Crippen LogP contribution in [0.3, 0.4) is 0 Å². The molecule has 1 saturated heterocycles. The van der Waals surface area contributed by atoms with Crippen LogP contribution in [0.2, 0.25) is 0 Å². The first-order chi connectivity index (χ1) is 11.6. The predicted molar refractivity (Wildman–Crippen MR) is 95.3 cm³/mol. The van der Waals surface area contributed by atoms with Crippen LogP contribution in [0.15, 0.2) is 24.3 Å². The van der Waals surface area contributed by atoms with Crippen molar-refractivity contribution in [1.82, 2.24) is 5.32 Å². The van der Waals surface area contributed by atoms with Gasteiger partial charge in [0.1, 0.15) is 25.3 Å². The molecule has 0 radical (unpaired) electrons. The molecular formula is C15H19Cl3N3O4+. The second kappa shape index (κ2) is 8.05. The number of quaternary nitrogens is 1. The second-order valence-corrected chi connectivity index (χ2v) is 8.45. The highest BCUT2D eigenvalue weighted by molar-refractivity contribution is 6.68. The third-order valence-electron chi connectivity index (χ3n) is 3.89. The van der Waals surface area contributed by atoms with Gasteiger partial charge in [0.15, 0.2) is 0 Å². The maximum absolute atomic E-state index is 12.5. The molecule has 0 aromatic heterocycles. The number of carbonyl (C=O) groups excluding carboxylic acids is 1. The molecule has 25 heavy (non-hydrogen) atoms. The average Bonchev–Trinajstić information content (AvgIpc) is 2.50. The Labute approximate surface area is 160 Å². The Kier molecular flexibility index (Phi) is 6.51. The van der Waals surface area contributed by atoms with Gasteiger partial charge in [-0.05, 0) is 19.9 Å². The Bertz CT molecular complexity index is 643. The van der Waals surface area contributed by atoms with E-state index in [4.69, 9.17) is 39.5 Å². The fourth-order valence-corrected chi connectivity index (χ4v) is 3.57. The highest BCUT2D eigenvalue weighted by Gasteiger charge is 2.45. The zero-order valence-electron chi connectivity index (χ0n) is 13.7. The van der Waals surface area contributed by atoms with E-state index in [0.29, 0.717) is 13.1 Å². The van der Waals surface area contributed by atoms with Crippen molar-refractivity contribution in [3.05, 3.63) is 39.9 Å². The number of nitro benzene ring substituents is 1. The third-order valence-corrected chi connectivity index (χ3v) is 4.55. The standard InChI is InChI=1S/C15H18Cl3N3O4/c1-9-7-20(8-10(2)25-9)14(15(16,17)18)19-13(22)11-4-3-5-12(6-11)21(23)24/h3-6,9-10,14H,7-8H2,1-2H3,(H,19,22)/p+1/t9-,10+,14-/m0/s1. The number of carbonyl (C=O) groups is 1. The summed E-state index contributed by atoms with van der Waals surface area (Å²) in [4.78, 5) is 23.7. The highest BCUT2D eigenvalue weighted by Crippen LogP contribution is 2.28. The summed E-state index contributed by atoms with van der Waals surface area (Å²) in [6, 6.07) is 5.39. The molecule has 10 heteroatoms. The maximum Gasteiger partial charge on any atom is 0.270 e. The van der Waals surface area contributed by atoms with Crippen molar-refractivity contribution >= 4 is 46.4 Å². The number of nitrogens with one attached hydrogen (secondary N) is 2. The van der Waals surface area contributed by atoms with E-state index in [9.17, 15) is 14.9 Å². The van der Waals surface area contributed by atoms with Gasteiger partial charge in [-0.15, -0.1) is 0 Å². The number of non-ortho nitro benzene ring substituents is 1. The van der Waals surface area contributed by atoms with Crippen LogP contribution in [0, 0.1) is 10.1 Å². The predicted octanol–water partition coefficient (Wildman–Crippen LogP) is 1.71. The minimum Gasteiger partial charge on any atom is -0.364 e. The van der Waals surface area contributed by atoms with Gasteiger partial charge in [0.05, 0.1) is 4.92 Å². The molecule has 1 aliphatic heterocycles. The van der Waals surface area contributed by atoms with Gasteiger partial charge < -0.3 is 9.64 Å². The molecule has 138 valence electrons. The highest BCUT2D eigenvalue weighted by atomic mass is 35.6. The van der Waals surface area contributed by atoms with E-state index in [0.717, 1.165) is 4.90 Å².